The maximum atomic E-state index is 12.1. The molecular weight excluding hydrogens is 244 g/mol. The van der Waals surface area contributed by atoms with Crippen molar-refractivity contribution in [2.45, 2.75) is 25.8 Å². The Kier molecular flexibility index (Phi) is 4.27. The first-order valence-electron chi connectivity index (χ1n) is 6.51. The van der Waals surface area contributed by atoms with Gasteiger partial charge in [0.2, 0.25) is 5.91 Å². The number of piperidine rings is 1. The fraction of sp³-hybridized carbons (Fsp3) is 0.500. The molecule has 1 amide bonds. The second-order valence-corrected chi connectivity index (χ2v) is 5.01. The SMILES string of the molecule is COc1ccc(O)c(NC(=O)C2CC(C)CCN2)c1. The van der Waals surface area contributed by atoms with E-state index < -0.39 is 0 Å². The summed E-state index contributed by atoms with van der Waals surface area (Å²) in [6.07, 6.45) is 1.91. The fourth-order valence-electron chi connectivity index (χ4n) is 2.27. The number of phenols is 1. The van der Waals surface area contributed by atoms with Crippen LogP contribution in [0.25, 0.3) is 0 Å². The lowest BCUT2D eigenvalue weighted by molar-refractivity contribution is -0.119. The molecule has 1 aromatic carbocycles. The summed E-state index contributed by atoms with van der Waals surface area (Å²) in [6.45, 7) is 2.99. The van der Waals surface area contributed by atoms with Crippen LogP contribution in [-0.4, -0.2) is 30.7 Å². The molecule has 5 heteroatoms. The van der Waals surface area contributed by atoms with Crippen molar-refractivity contribution in [3.8, 4) is 11.5 Å². The number of rotatable bonds is 3. The number of carbonyl (C=O) groups excluding carboxylic acids is 1. The third-order valence-electron chi connectivity index (χ3n) is 3.44. The van der Waals surface area contributed by atoms with E-state index >= 15 is 0 Å². The van der Waals surface area contributed by atoms with Gasteiger partial charge in [0.05, 0.1) is 18.8 Å². The van der Waals surface area contributed by atoms with Gasteiger partial charge < -0.3 is 20.5 Å². The highest BCUT2D eigenvalue weighted by atomic mass is 16.5. The van der Waals surface area contributed by atoms with E-state index in [0.29, 0.717) is 17.4 Å². The number of nitrogens with one attached hydrogen (secondary N) is 2. The highest BCUT2D eigenvalue weighted by Crippen LogP contribution is 2.28. The van der Waals surface area contributed by atoms with Crippen LogP contribution >= 0.6 is 0 Å². The van der Waals surface area contributed by atoms with E-state index in [2.05, 4.69) is 17.6 Å². The van der Waals surface area contributed by atoms with Gasteiger partial charge in [-0.25, -0.2) is 0 Å². The highest BCUT2D eigenvalue weighted by Gasteiger charge is 2.25. The molecule has 2 unspecified atom stereocenters. The number of methoxy groups -OCH3 is 1. The summed E-state index contributed by atoms with van der Waals surface area (Å²) < 4.78 is 5.08. The standard InChI is InChI=1S/C14H20N2O3/c1-9-5-6-15-12(7-9)14(18)16-11-8-10(19-2)3-4-13(11)17/h3-4,8-9,12,15,17H,5-7H2,1-2H3,(H,16,18). The Bertz CT molecular complexity index is 462. The van der Waals surface area contributed by atoms with Crippen LogP contribution in [0.3, 0.4) is 0 Å². The maximum Gasteiger partial charge on any atom is 0.241 e. The largest absolute Gasteiger partial charge is 0.506 e. The fourth-order valence-corrected chi connectivity index (χ4v) is 2.27. The Hall–Kier alpha value is -1.75. The molecule has 3 N–H and O–H groups in total. The zero-order chi connectivity index (χ0) is 13.8. The Morgan fingerprint density at radius 1 is 1.53 bits per heavy atom. The van der Waals surface area contributed by atoms with E-state index in [0.717, 1.165) is 19.4 Å². The summed E-state index contributed by atoms with van der Waals surface area (Å²) in [5.74, 6) is 1.06. The van der Waals surface area contributed by atoms with Crippen LogP contribution in [0.2, 0.25) is 0 Å². The second kappa shape index (κ2) is 5.93. The minimum absolute atomic E-state index is 0.0398. The average Bonchev–Trinajstić information content (AvgIpc) is 2.41. The van der Waals surface area contributed by atoms with Gasteiger partial charge in [-0.15, -0.1) is 0 Å². The number of ether oxygens (including phenoxy) is 1. The van der Waals surface area contributed by atoms with E-state index in [4.69, 9.17) is 4.74 Å². The van der Waals surface area contributed by atoms with Gasteiger partial charge in [0.1, 0.15) is 11.5 Å². The van der Waals surface area contributed by atoms with Crippen molar-refractivity contribution in [1.29, 1.82) is 0 Å². The van der Waals surface area contributed by atoms with Gasteiger partial charge in [-0.1, -0.05) is 6.92 Å². The summed E-state index contributed by atoms with van der Waals surface area (Å²) in [5, 5.41) is 15.7. The Morgan fingerprint density at radius 3 is 3.00 bits per heavy atom. The van der Waals surface area contributed by atoms with Crippen molar-refractivity contribution in [2.75, 3.05) is 19.0 Å². The van der Waals surface area contributed by atoms with Gasteiger partial charge in [-0.05, 0) is 37.4 Å². The predicted molar refractivity (Wildman–Crippen MR) is 73.5 cm³/mol. The number of carbonyl (C=O) groups is 1. The number of phenolic OH excluding ortho intramolecular Hbond substituents is 1. The summed E-state index contributed by atoms with van der Waals surface area (Å²) in [6, 6.07) is 4.56. The first-order valence-corrected chi connectivity index (χ1v) is 6.51. The summed E-state index contributed by atoms with van der Waals surface area (Å²) in [5.41, 5.74) is 0.379. The zero-order valence-corrected chi connectivity index (χ0v) is 11.3. The lowest BCUT2D eigenvalue weighted by Gasteiger charge is -2.27. The summed E-state index contributed by atoms with van der Waals surface area (Å²) in [7, 11) is 1.54. The van der Waals surface area contributed by atoms with Crippen molar-refractivity contribution in [3.63, 3.8) is 0 Å². The zero-order valence-electron chi connectivity index (χ0n) is 11.3. The van der Waals surface area contributed by atoms with E-state index in [1.54, 1.807) is 19.2 Å². The molecule has 0 aromatic heterocycles. The lowest BCUT2D eigenvalue weighted by Crippen LogP contribution is -2.45. The summed E-state index contributed by atoms with van der Waals surface area (Å²) >= 11 is 0. The number of anilines is 1. The van der Waals surface area contributed by atoms with Gasteiger partial charge in [0.25, 0.3) is 0 Å². The molecule has 0 aliphatic carbocycles. The van der Waals surface area contributed by atoms with Gasteiger partial charge in [0, 0.05) is 6.07 Å². The minimum Gasteiger partial charge on any atom is -0.506 e. The molecule has 1 saturated heterocycles. The van der Waals surface area contributed by atoms with Crippen LogP contribution in [0, 0.1) is 5.92 Å². The maximum absolute atomic E-state index is 12.1. The summed E-state index contributed by atoms with van der Waals surface area (Å²) in [4.78, 5) is 12.1. The normalized spacial score (nSPS) is 22.8. The molecule has 19 heavy (non-hydrogen) atoms. The van der Waals surface area contributed by atoms with Crippen molar-refractivity contribution in [2.24, 2.45) is 5.92 Å². The number of aromatic hydroxyl groups is 1. The minimum atomic E-state index is -0.200. The molecule has 1 aliphatic rings. The van der Waals surface area contributed by atoms with Gasteiger partial charge >= 0.3 is 0 Å². The molecule has 2 atom stereocenters. The molecule has 104 valence electrons. The number of amides is 1. The molecule has 2 rings (SSSR count). The van der Waals surface area contributed by atoms with Crippen molar-refractivity contribution < 1.29 is 14.6 Å². The Balaban J connectivity index is 2.05. The quantitative estimate of drug-likeness (QED) is 0.727. The number of hydrogen-bond acceptors (Lipinski definition) is 4. The highest BCUT2D eigenvalue weighted by molar-refractivity contribution is 5.96. The third-order valence-corrected chi connectivity index (χ3v) is 3.44. The van der Waals surface area contributed by atoms with E-state index in [9.17, 15) is 9.90 Å². The molecular formula is C14H20N2O3. The van der Waals surface area contributed by atoms with Crippen LogP contribution in [0.15, 0.2) is 18.2 Å². The van der Waals surface area contributed by atoms with Crippen LogP contribution in [-0.2, 0) is 4.79 Å². The van der Waals surface area contributed by atoms with Crippen molar-refractivity contribution in [3.05, 3.63) is 18.2 Å². The smallest absolute Gasteiger partial charge is 0.241 e. The molecule has 0 spiro atoms. The Morgan fingerprint density at radius 2 is 2.32 bits per heavy atom. The molecule has 0 bridgehead atoms. The first-order chi connectivity index (χ1) is 9.10. The van der Waals surface area contributed by atoms with Crippen molar-refractivity contribution >= 4 is 11.6 Å². The molecule has 5 nitrogen and oxygen atoms in total. The Labute approximate surface area is 113 Å². The van der Waals surface area contributed by atoms with Gasteiger partial charge in [-0.2, -0.15) is 0 Å². The molecule has 1 fully saturated rings. The predicted octanol–water partition coefficient (Wildman–Crippen LogP) is 1.73. The number of benzene rings is 1. The van der Waals surface area contributed by atoms with Crippen LogP contribution in [0.4, 0.5) is 5.69 Å². The topological polar surface area (TPSA) is 70.6 Å². The van der Waals surface area contributed by atoms with E-state index in [-0.39, 0.29) is 17.7 Å². The molecule has 0 radical (unpaired) electrons. The number of hydrogen-bond donors (Lipinski definition) is 3. The second-order valence-electron chi connectivity index (χ2n) is 5.01. The monoisotopic (exact) mass is 264 g/mol. The molecule has 1 aliphatic heterocycles. The average molecular weight is 264 g/mol. The third kappa shape index (κ3) is 3.38. The molecule has 1 heterocycles. The van der Waals surface area contributed by atoms with Gasteiger partial charge in [0.15, 0.2) is 0 Å². The molecule has 0 saturated carbocycles. The van der Waals surface area contributed by atoms with E-state index in [1.165, 1.54) is 6.07 Å². The first kappa shape index (κ1) is 13.7. The van der Waals surface area contributed by atoms with Gasteiger partial charge in [-0.3, -0.25) is 4.79 Å². The van der Waals surface area contributed by atoms with E-state index in [1.807, 2.05) is 0 Å². The van der Waals surface area contributed by atoms with Crippen LogP contribution < -0.4 is 15.4 Å². The van der Waals surface area contributed by atoms with Crippen LogP contribution in [0.1, 0.15) is 19.8 Å². The van der Waals surface area contributed by atoms with Crippen LogP contribution in [0.5, 0.6) is 11.5 Å². The molecule has 1 aromatic rings. The lowest BCUT2D eigenvalue weighted by atomic mass is 9.94. The van der Waals surface area contributed by atoms with Crippen molar-refractivity contribution in [1.82, 2.24) is 5.32 Å².